The van der Waals surface area contributed by atoms with E-state index in [0.29, 0.717) is 12.4 Å². The third-order valence-corrected chi connectivity index (χ3v) is 4.17. The fraction of sp³-hybridized carbons (Fsp3) is 0.316. The number of pyridine rings is 1. The van der Waals surface area contributed by atoms with Crippen molar-refractivity contribution in [1.29, 1.82) is 0 Å². The number of aryl methyl sites for hydroxylation is 1. The molecule has 2 aromatic heterocycles. The predicted molar refractivity (Wildman–Crippen MR) is 94.2 cm³/mol. The smallest absolute Gasteiger partial charge is 0.164 e. The van der Waals surface area contributed by atoms with Gasteiger partial charge in [0.1, 0.15) is 23.0 Å². The molecule has 3 aromatic rings. The van der Waals surface area contributed by atoms with E-state index in [-0.39, 0.29) is 5.60 Å². The van der Waals surface area contributed by atoms with Crippen LogP contribution in [0.5, 0.6) is 5.75 Å². The van der Waals surface area contributed by atoms with Gasteiger partial charge in [0, 0.05) is 19.2 Å². The van der Waals surface area contributed by atoms with Crippen LogP contribution in [0, 0.1) is 6.92 Å². The van der Waals surface area contributed by atoms with Crippen LogP contribution in [0.4, 0.5) is 5.82 Å². The number of hydrogen-bond acceptors (Lipinski definition) is 5. The standard InChI is InChI=1S/C19H20N4O/c1-12-22-17-15(5-4-8-20-17)18(23-12)21-11-13-6-7-16-14(9-13)10-19(2,3)24-16/h4-9H,10-11H2,1-3H3,(H,20,21,22,23). The number of nitrogens with one attached hydrogen (secondary N) is 1. The summed E-state index contributed by atoms with van der Waals surface area (Å²) in [7, 11) is 0. The SMILES string of the molecule is Cc1nc(NCc2ccc3c(c2)CC(C)(C)O3)c2cccnc2n1. The summed E-state index contributed by atoms with van der Waals surface area (Å²) in [5.74, 6) is 2.53. The summed E-state index contributed by atoms with van der Waals surface area (Å²) in [5, 5.41) is 4.36. The first-order chi connectivity index (χ1) is 11.5. The molecule has 1 N–H and O–H groups in total. The van der Waals surface area contributed by atoms with Gasteiger partial charge in [0.05, 0.1) is 5.39 Å². The van der Waals surface area contributed by atoms with E-state index < -0.39 is 0 Å². The van der Waals surface area contributed by atoms with E-state index in [9.17, 15) is 0 Å². The molecule has 122 valence electrons. The zero-order valence-corrected chi connectivity index (χ0v) is 14.1. The molecular weight excluding hydrogens is 300 g/mol. The molecule has 1 aliphatic rings. The number of nitrogens with zero attached hydrogens (tertiary/aromatic N) is 3. The van der Waals surface area contributed by atoms with Crippen molar-refractivity contribution in [1.82, 2.24) is 15.0 Å². The minimum atomic E-state index is -0.111. The number of anilines is 1. The maximum atomic E-state index is 5.94. The quantitative estimate of drug-likeness (QED) is 0.798. The van der Waals surface area contributed by atoms with E-state index in [4.69, 9.17) is 4.74 Å². The number of aromatic nitrogens is 3. The van der Waals surface area contributed by atoms with Gasteiger partial charge in [-0.1, -0.05) is 12.1 Å². The molecule has 0 saturated heterocycles. The molecule has 3 heterocycles. The zero-order valence-electron chi connectivity index (χ0n) is 14.1. The lowest BCUT2D eigenvalue weighted by molar-refractivity contribution is 0.138. The second-order valence-corrected chi connectivity index (χ2v) is 6.83. The molecule has 0 saturated carbocycles. The zero-order chi connectivity index (χ0) is 16.7. The Hall–Kier alpha value is -2.69. The molecule has 24 heavy (non-hydrogen) atoms. The molecule has 4 rings (SSSR count). The van der Waals surface area contributed by atoms with Gasteiger partial charge in [-0.05, 0) is 50.1 Å². The molecule has 1 aromatic carbocycles. The summed E-state index contributed by atoms with van der Waals surface area (Å²) in [5.41, 5.74) is 3.09. The second kappa shape index (κ2) is 5.44. The first-order valence-corrected chi connectivity index (χ1v) is 8.14. The Morgan fingerprint density at radius 2 is 2.08 bits per heavy atom. The highest BCUT2D eigenvalue weighted by molar-refractivity contribution is 5.86. The van der Waals surface area contributed by atoms with Gasteiger partial charge in [0.25, 0.3) is 0 Å². The number of ether oxygens (including phenoxy) is 1. The van der Waals surface area contributed by atoms with Gasteiger partial charge in [-0.2, -0.15) is 0 Å². The normalized spacial score (nSPS) is 15.1. The van der Waals surface area contributed by atoms with Crippen molar-refractivity contribution >= 4 is 16.9 Å². The number of benzene rings is 1. The van der Waals surface area contributed by atoms with Crippen LogP contribution in [0.2, 0.25) is 0 Å². The lowest BCUT2D eigenvalue weighted by atomic mass is 10.0. The maximum absolute atomic E-state index is 5.94. The van der Waals surface area contributed by atoms with Crippen LogP contribution in [-0.2, 0) is 13.0 Å². The minimum absolute atomic E-state index is 0.111. The number of hydrogen-bond donors (Lipinski definition) is 1. The van der Waals surface area contributed by atoms with Gasteiger partial charge >= 0.3 is 0 Å². The van der Waals surface area contributed by atoms with E-state index in [1.54, 1.807) is 6.20 Å². The summed E-state index contributed by atoms with van der Waals surface area (Å²) >= 11 is 0. The lowest BCUT2D eigenvalue weighted by Gasteiger charge is -2.16. The Balaban J connectivity index is 1.58. The van der Waals surface area contributed by atoms with Gasteiger partial charge in [0.2, 0.25) is 0 Å². The Bertz CT molecular complexity index is 920. The van der Waals surface area contributed by atoms with Crippen LogP contribution in [0.1, 0.15) is 30.8 Å². The highest BCUT2D eigenvalue weighted by atomic mass is 16.5. The number of rotatable bonds is 3. The van der Waals surface area contributed by atoms with Crippen LogP contribution in [0.25, 0.3) is 11.0 Å². The van der Waals surface area contributed by atoms with E-state index in [0.717, 1.165) is 29.0 Å². The molecule has 5 nitrogen and oxygen atoms in total. The second-order valence-electron chi connectivity index (χ2n) is 6.83. The van der Waals surface area contributed by atoms with Crippen LogP contribution in [-0.4, -0.2) is 20.6 Å². The van der Waals surface area contributed by atoms with E-state index in [1.807, 2.05) is 19.1 Å². The summed E-state index contributed by atoms with van der Waals surface area (Å²) in [6.07, 6.45) is 2.69. The molecule has 0 amide bonds. The molecule has 1 aliphatic heterocycles. The Kier molecular flexibility index (Phi) is 3.37. The van der Waals surface area contributed by atoms with Crippen LogP contribution in [0.15, 0.2) is 36.5 Å². The highest BCUT2D eigenvalue weighted by Crippen LogP contribution is 2.35. The molecule has 5 heteroatoms. The van der Waals surface area contributed by atoms with Gasteiger partial charge in [-0.3, -0.25) is 0 Å². The Labute approximate surface area is 141 Å². The predicted octanol–water partition coefficient (Wildman–Crippen LogP) is 3.66. The first-order valence-electron chi connectivity index (χ1n) is 8.14. The van der Waals surface area contributed by atoms with Crippen molar-refractivity contribution < 1.29 is 4.74 Å². The number of fused-ring (bicyclic) bond motifs is 2. The largest absolute Gasteiger partial charge is 0.487 e. The highest BCUT2D eigenvalue weighted by Gasteiger charge is 2.29. The molecule has 0 atom stereocenters. The van der Waals surface area contributed by atoms with Crippen molar-refractivity contribution in [3.63, 3.8) is 0 Å². The van der Waals surface area contributed by atoms with Gasteiger partial charge in [-0.15, -0.1) is 0 Å². The average Bonchev–Trinajstić information content (AvgIpc) is 2.85. The molecule has 0 fully saturated rings. The van der Waals surface area contributed by atoms with Gasteiger partial charge < -0.3 is 10.1 Å². The monoisotopic (exact) mass is 320 g/mol. The van der Waals surface area contributed by atoms with Gasteiger partial charge in [0.15, 0.2) is 5.65 Å². The molecular formula is C19H20N4O. The van der Waals surface area contributed by atoms with E-state index in [1.165, 1.54) is 11.1 Å². The van der Waals surface area contributed by atoms with Crippen LogP contribution in [0.3, 0.4) is 0 Å². The van der Waals surface area contributed by atoms with Crippen molar-refractivity contribution in [2.24, 2.45) is 0 Å². The van der Waals surface area contributed by atoms with Crippen molar-refractivity contribution in [3.05, 3.63) is 53.5 Å². The third-order valence-electron chi connectivity index (χ3n) is 4.17. The summed E-state index contributed by atoms with van der Waals surface area (Å²) < 4.78 is 5.94. The van der Waals surface area contributed by atoms with Crippen molar-refractivity contribution in [2.75, 3.05) is 5.32 Å². The van der Waals surface area contributed by atoms with Crippen LogP contribution >= 0.6 is 0 Å². The lowest BCUT2D eigenvalue weighted by Crippen LogP contribution is -2.24. The van der Waals surface area contributed by atoms with Crippen molar-refractivity contribution in [3.8, 4) is 5.75 Å². The van der Waals surface area contributed by atoms with E-state index >= 15 is 0 Å². The fourth-order valence-electron chi connectivity index (χ4n) is 3.16. The maximum Gasteiger partial charge on any atom is 0.164 e. The molecule has 0 aliphatic carbocycles. The molecule has 0 bridgehead atoms. The van der Waals surface area contributed by atoms with Crippen LogP contribution < -0.4 is 10.1 Å². The third kappa shape index (κ3) is 2.77. The Morgan fingerprint density at radius 3 is 2.96 bits per heavy atom. The van der Waals surface area contributed by atoms with Crippen molar-refractivity contribution in [2.45, 2.75) is 39.3 Å². The molecule has 0 unspecified atom stereocenters. The fourth-order valence-corrected chi connectivity index (χ4v) is 3.16. The topological polar surface area (TPSA) is 59.9 Å². The summed E-state index contributed by atoms with van der Waals surface area (Å²) in [6, 6.07) is 10.3. The molecule has 0 spiro atoms. The van der Waals surface area contributed by atoms with E-state index in [2.05, 4.69) is 52.3 Å². The molecule has 0 radical (unpaired) electrons. The minimum Gasteiger partial charge on any atom is -0.487 e. The average molecular weight is 320 g/mol. The van der Waals surface area contributed by atoms with Gasteiger partial charge in [-0.25, -0.2) is 15.0 Å². The Morgan fingerprint density at radius 1 is 1.21 bits per heavy atom. The summed E-state index contributed by atoms with van der Waals surface area (Å²) in [6.45, 7) is 6.82. The first kappa shape index (κ1) is 14.9. The summed E-state index contributed by atoms with van der Waals surface area (Å²) in [4.78, 5) is 13.2.